The predicted molar refractivity (Wildman–Crippen MR) is 81.2 cm³/mol. The summed E-state index contributed by atoms with van der Waals surface area (Å²) in [5, 5.41) is 3.50. The van der Waals surface area contributed by atoms with Gasteiger partial charge in [-0.15, -0.1) is 0 Å². The standard InChI is InChI=1S/C16H17ClFNO/c1-11(10-12-6-3-4-9-15(12)20-2)19-16-13(17)7-5-8-14(16)18/h3-9,11,19H,10H2,1-2H3. The number of nitrogens with one attached hydrogen (secondary N) is 1. The second-order valence-corrected chi connectivity index (χ2v) is 5.07. The highest BCUT2D eigenvalue weighted by molar-refractivity contribution is 6.33. The highest BCUT2D eigenvalue weighted by Gasteiger charge is 2.12. The Kier molecular flexibility index (Phi) is 4.85. The maximum absolute atomic E-state index is 13.7. The molecule has 2 rings (SSSR count). The number of benzene rings is 2. The smallest absolute Gasteiger partial charge is 0.147 e. The summed E-state index contributed by atoms with van der Waals surface area (Å²) in [6, 6.07) is 12.5. The van der Waals surface area contributed by atoms with E-state index in [2.05, 4.69) is 5.32 Å². The SMILES string of the molecule is COc1ccccc1CC(C)Nc1c(F)cccc1Cl. The Labute approximate surface area is 123 Å². The van der Waals surface area contributed by atoms with E-state index in [1.165, 1.54) is 6.07 Å². The first-order valence-electron chi connectivity index (χ1n) is 6.44. The Balaban J connectivity index is 2.11. The third-order valence-electron chi connectivity index (χ3n) is 3.07. The molecule has 2 nitrogen and oxygen atoms in total. The Morgan fingerprint density at radius 3 is 2.65 bits per heavy atom. The van der Waals surface area contributed by atoms with Gasteiger partial charge in [0.2, 0.25) is 0 Å². The number of hydrogen-bond acceptors (Lipinski definition) is 2. The number of para-hydroxylation sites is 2. The number of rotatable bonds is 5. The summed E-state index contributed by atoms with van der Waals surface area (Å²) in [6.07, 6.45) is 0.717. The number of ether oxygens (including phenoxy) is 1. The van der Waals surface area contributed by atoms with Crippen molar-refractivity contribution in [1.82, 2.24) is 0 Å². The first kappa shape index (κ1) is 14.7. The predicted octanol–water partition coefficient (Wildman–Crippen LogP) is 4.53. The van der Waals surface area contributed by atoms with E-state index < -0.39 is 0 Å². The maximum atomic E-state index is 13.7. The van der Waals surface area contributed by atoms with Crippen molar-refractivity contribution in [3.05, 3.63) is 58.9 Å². The minimum atomic E-state index is -0.343. The average Bonchev–Trinajstić information content (AvgIpc) is 2.44. The van der Waals surface area contributed by atoms with Crippen molar-refractivity contribution < 1.29 is 9.13 Å². The van der Waals surface area contributed by atoms with Gasteiger partial charge in [0, 0.05) is 6.04 Å². The monoisotopic (exact) mass is 293 g/mol. The number of anilines is 1. The third kappa shape index (κ3) is 3.42. The lowest BCUT2D eigenvalue weighted by molar-refractivity contribution is 0.409. The van der Waals surface area contributed by atoms with E-state index in [0.717, 1.165) is 11.3 Å². The van der Waals surface area contributed by atoms with Crippen molar-refractivity contribution in [3.8, 4) is 5.75 Å². The molecule has 0 aliphatic rings. The average molecular weight is 294 g/mol. The molecular formula is C16H17ClFNO. The Morgan fingerprint density at radius 2 is 1.95 bits per heavy atom. The van der Waals surface area contributed by atoms with Crippen LogP contribution in [-0.2, 0) is 6.42 Å². The highest BCUT2D eigenvalue weighted by Crippen LogP contribution is 2.26. The van der Waals surface area contributed by atoms with Crippen LogP contribution in [0.5, 0.6) is 5.75 Å². The van der Waals surface area contributed by atoms with Gasteiger partial charge in [-0.05, 0) is 37.1 Å². The minimum absolute atomic E-state index is 0.0284. The van der Waals surface area contributed by atoms with Gasteiger partial charge in [0.05, 0.1) is 17.8 Å². The van der Waals surface area contributed by atoms with Crippen molar-refractivity contribution >= 4 is 17.3 Å². The van der Waals surface area contributed by atoms with Gasteiger partial charge in [-0.1, -0.05) is 35.9 Å². The van der Waals surface area contributed by atoms with Gasteiger partial charge in [0.1, 0.15) is 11.6 Å². The molecule has 0 fully saturated rings. The molecule has 2 aromatic carbocycles. The molecular weight excluding hydrogens is 277 g/mol. The van der Waals surface area contributed by atoms with E-state index >= 15 is 0 Å². The largest absolute Gasteiger partial charge is 0.496 e. The molecule has 0 aromatic heterocycles. The van der Waals surface area contributed by atoms with E-state index in [1.807, 2.05) is 31.2 Å². The van der Waals surface area contributed by atoms with E-state index in [1.54, 1.807) is 19.2 Å². The summed E-state index contributed by atoms with van der Waals surface area (Å²) in [5.74, 6) is 0.491. The number of hydrogen-bond donors (Lipinski definition) is 1. The van der Waals surface area contributed by atoms with Crippen LogP contribution in [0.1, 0.15) is 12.5 Å². The summed E-state index contributed by atoms with van der Waals surface area (Å²) >= 11 is 6.01. The fourth-order valence-corrected chi connectivity index (χ4v) is 2.35. The molecule has 1 unspecified atom stereocenters. The van der Waals surface area contributed by atoms with E-state index in [4.69, 9.17) is 16.3 Å². The van der Waals surface area contributed by atoms with E-state index in [0.29, 0.717) is 17.1 Å². The molecule has 0 radical (unpaired) electrons. The van der Waals surface area contributed by atoms with Crippen LogP contribution in [0.2, 0.25) is 5.02 Å². The minimum Gasteiger partial charge on any atom is -0.496 e. The molecule has 0 saturated carbocycles. The van der Waals surface area contributed by atoms with Crippen molar-refractivity contribution in [2.45, 2.75) is 19.4 Å². The fraction of sp³-hybridized carbons (Fsp3) is 0.250. The Bertz CT molecular complexity index is 568. The number of methoxy groups -OCH3 is 1. The Morgan fingerprint density at radius 1 is 1.20 bits per heavy atom. The van der Waals surface area contributed by atoms with Crippen molar-refractivity contribution in [2.24, 2.45) is 0 Å². The van der Waals surface area contributed by atoms with Crippen LogP contribution in [0.3, 0.4) is 0 Å². The summed E-state index contributed by atoms with van der Waals surface area (Å²) in [5.41, 5.74) is 1.42. The molecule has 0 heterocycles. The lowest BCUT2D eigenvalue weighted by atomic mass is 10.1. The topological polar surface area (TPSA) is 21.3 Å². The summed E-state index contributed by atoms with van der Waals surface area (Å²) < 4.78 is 19.0. The molecule has 1 N–H and O–H groups in total. The highest BCUT2D eigenvalue weighted by atomic mass is 35.5. The maximum Gasteiger partial charge on any atom is 0.147 e. The van der Waals surface area contributed by atoms with Crippen LogP contribution < -0.4 is 10.1 Å². The zero-order chi connectivity index (χ0) is 14.5. The van der Waals surface area contributed by atoms with Gasteiger partial charge >= 0.3 is 0 Å². The lowest BCUT2D eigenvalue weighted by Gasteiger charge is -2.18. The van der Waals surface area contributed by atoms with Crippen LogP contribution in [0.25, 0.3) is 0 Å². The summed E-state index contributed by atoms with van der Waals surface area (Å²) in [4.78, 5) is 0. The third-order valence-corrected chi connectivity index (χ3v) is 3.39. The van der Waals surface area contributed by atoms with Crippen LogP contribution in [0.4, 0.5) is 10.1 Å². The number of halogens is 2. The molecule has 0 aliphatic carbocycles. The first-order chi connectivity index (χ1) is 9.61. The quantitative estimate of drug-likeness (QED) is 0.874. The normalized spacial score (nSPS) is 12.0. The van der Waals surface area contributed by atoms with Crippen LogP contribution in [0, 0.1) is 5.82 Å². The van der Waals surface area contributed by atoms with Gasteiger partial charge in [-0.25, -0.2) is 4.39 Å². The molecule has 106 valence electrons. The fourth-order valence-electron chi connectivity index (χ4n) is 2.13. The van der Waals surface area contributed by atoms with Gasteiger partial charge in [0.15, 0.2) is 0 Å². The molecule has 0 saturated heterocycles. The molecule has 0 bridgehead atoms. The zero-order valence-electron chi connectivity index (χ0n) is 11.5. The lowest BCUT2D eigenvalue weighted by Crippen LogP contribution is -2.19. The second-order valence-electron chi connectivity index (χ2n) is 4.66. The molecule has 4 heteroatoms. The van der Waals surface area contributed by atoms with Gasteiger partial charge in [-0.2, -0.15) is 0 Å². The van der Waals surface area contributed by atoms with Crippen molar-refractivity contribution in [2.75, 3.05) is 12.4 Å². The summed E-state index contributed by atoms with van der Waals surface area (Å²) in [7, 11) is 1.64. The Hall–Kier alpha value is -1.74. The van der Waals surface area contributed by atoms with E-state index in [-0.39, 0.29) is 11.9 Å². The summed E-state index contributed by atoms with van der Waals surface area (Å²) in [6.45, 7) is 1.98. The van der Waals surface area contributed by atoms with E-state index in [9.17, 15) is 4.39 Å². The van der Waals surface area contributed by atoms with Crippen molar-refractivity contribution in [1.29, 1.82) is 0 Å². The van der Waals surface area contributed by atoms with Gasteiger partial charge in [0.25, 0.3) is 0 Å². The molecule has 0 spiro atoms. The van der Waals surface area contributed by atoms with Gasteiger partial charge in [-0.3, -0.25) is 0 Å². The first-order valence-corrected chi connectivity index (χ1v) is 6.82. The zero-order valence-corrected chi connectivity index (χ0v) is 12.2. The van der Waals surface area contributed by atoms with Crippen LogP contribution in [-0.4, -0.2) is 13.2 Å². The van der Waals surface area contributed by atoms with Crippen LogP contribution >= 0.6 is 11.6 Å². The molecule has 1 atom stereocenters. The molecule has 0 amide bonds. The molecule has 0 aliphatic heterocycles. The van der Waals surface area contributed by atoms with Crippen LogP contribution in [0.15, 0.2) is 42.5 Å². The molecule has 20 heavy (non-hydrogen) atoms. The molecule has 2 aromatic rings. The van der Waals surface area contributed by atoms with Gasteiger partial charge < -0.3 is 10.1 Å². The van der Waals surface area contributed by atoms with Crippen molar-refractivity contribution in [3.63, 3.8) is 0 Å². The second kappa shape index (κ2) is 6.62.